The summed E-state index contributed by atoms with van der Waals surface area (Å²) >= 11 is 0. The molecule has 0 saturated carbocycles. The Morgan fingerprint density at radius 2 is 2.00 bits per heavy atom. The van der Waals surface area contributed by atoms with Crippen LogP contribution in [0.3, 0.4) is 0 Å². The number of amides is 1. The Morgan fingerprint density at radius 1 is 1.26 bits per heavy atom. The van der Waals surface area contributed by atoms with E-state index in [1.165, 1.54) is 6.07 Å². The average molecular weight is 266 g/mol. The fraction of sp³-hybridized carbons (Fsp3) is 0. The summed E-state index contributed by atoms with van der Waals surface area (Å²) in [6.45, 7) is 0. The lowest BCUT2D eigenvalue weighted by atomic mass is 10.1. The highest BCUT2D eigenvalue weighted by Crippen LogP contribution is 2.19. The zero-order chi connectivity index (χ0) is 14.0. The number of halogens is 2. The molecular formula is C11H8F2N4O2. The standard InChI is InChI=1S/C11H8F2N4O2/c12-5-1-2-6(14)10(13)9(5)11(19)15-7-3-4-8(18)17-16-7/h1-4H,14H2,(H,17,18)(H,15,16,19). The Labute approximate surface area is 105 Å². The van der Waals surface area contributed by atoms with Gasteiger partial charge in [-0.3, -0.25) is 9.59 Å². The van der Waals surface area contributed by atoms with Crippen molar-refractivity contribution in [2.45, 2.75) is 0 Å². The SMILES string of the molecule is Nc1ccc(F)c(C(=O)Nc2ccc(=O)[nH]n2)c1F. The average Bonchev–Trinajstić information content (AvgIpc) is 2.37. The molecule has 0 bridgehead atoms. The van der Waals surface area contributed by atoms with Gasteiger partial charge in [-0.2, -0.15) is 5.10 Å². The normalized spacial score (nSPS) is 10.2. The summed E-state index contributed by atoms with van der Waals surface area (Å²) < 4.78 is 27.0. The quantitative estimate of drug-likeness (QED) is 0.702. The molecule has 0 radical (unpaired) electrons. The smallest absolute Gasteiger partial charge is 0.264 e. The number of hydrogen-bond donors (Lipinski definition) is 3. The number of nitrogens with one attached hydrogen (secondary N) is 2. The number of nitrogen functional groups attached to an aromatic ring is 1. The van der Waals surface area contributed by atoms with Gasteiger partial charge in [0.1, 0.15) is 11.4 Å². The third-order valence-electron chi connectivity index (χ3n) is 2.27. The Hall–Kier alpha value is -2.77. The predicted octanol–water partition coefficient (Wildman–Crippen LogP) is 0.883. The highest BCUT2D eigenvalue weighted by molar-refractivity contribution is 6.04. The van der Waals surface area contributed by atoms with Crippen LogP contribution in [0.5, 0.6) is 0 Å². The molecule has 1 heterocycles. The number of anilines is 2. The highest BCUT2D eigenvalue weighted by atomic mass is 19.1. The van der Waals surface area contributed by atoms with Crippen molar-refractivity contribution in [3.63, 3.8) is 0 Å². The minimum Gasteiger partial charge on any atom is -0.396 e. The van der Waals surface area contributed by atoms with Crippen LogP contribution in [-0.4, -0.2) is 16.1 Å². The molecule has 4 N–H and O–H groups in total. The summed E-state index contributed by atoms with van der Waals surface area (Å²) in [4.78, 5) is 22.5. The van der Waals surface area contributed by atoms with Gasteiger partial charge in [0, 0.05) is 6.07 Å². The Morgan fingerprint density at radius 3 is 2.63 bits per heavy atom. The van der Waals surface area contributed by atoms with Crippen LogP contribution in [0.4, 0.5) is 20.3 Å². The van der Waals surface area contributed by atoms with E-state index in [2.05, 4.69) is 15.5 Å². The molecule has 1 aromatic carbocycles. The zero-order valence-corrected chi connectivity index (χ0v) is 9.41. The molecule has 0 saturated heterocycles. The highest BCUT2D eigenvalue weighted by Gasteiger charge is 2.20. The molecule has 0 aliphatic carbocycles. The summed E-state index contributed by atoms with van der Waals surface area (Å²) in [7, 11) is 0. The van der Waals surface area contributed by atoms with Crippen LogP contribution in [0.1, 0.15) is 10.4 Å². The van der Waals surface area contributed by atoms with E-state index < -0.39 is 28.7 Å². The van der Waals surface area contributed by atoms with E-state index >= 15 is 0 Å². The summed E-state index contributed by atoms with van der Waals surface area (Å²) in [5.74, 6) is -3.30. The first kappa shape index (κ1) is 12.7. The van der Waals surface area contributed by atoms with E-state index in [9.17, 15) is 18.4 Å². The maximum absolute atomic E-state index is 13.6. The third-order valence-corrected chi connectivity index (χ3v) is 2.27. The van der Waals surface area contributed by atoms with Gasteiger partial charge in [0.25, 0.3) is 11.5 Å². The summed E-state index contributed by atoms with van der Waals surface area (Å²) in [5, 5.41) is 7.68. The topological polar surface area (TPSA) is 101 Å². The minimum absolute atomic E-state index is 0.0502. The molecule has 0 unspecified atom stereocenters. The number of aromatic nitrogens is 2. The lowest BCUT2D eigenvalue weighted by Crippen LogP contribution is -2.19. The number of carbonyl (C=O) groups is 1. The van der Waals surface area contributed by atoms with E-state index in [4.69, 9.17) is 5.73 Å². The third kappa shape index (κ3) is 2.57. The van der Waals surface area contributed by atoms with Crippen LogP contribution >= 0.6 is 0 Å². The second-order valence-electron chi connectivity index (χ2n) is 3.59. The number of aromatic amines is 1. The molecule has 0 atom stereocenters. The first-order chi connectivity index (χ1) is 8.99. The molecule has 8 heteroatoms. The van der Waals surface area contributed by atoms with E-state index in [-0.39, 0.29) is 11.5 Å². The van der Waals surface area contributed by atoms with Crippen molar-refractivity contribution in [2.75, 3.05) is 11.1 Å². The lowest BCUT2D eigenvalue weighted by Gasteiger charge is -2.07. The van der Waals surface area contributed by atoms with Gasteiger partial charge in [-0.25, -0.2) is 13.9 Å². The van der Waals surface area contributed by atoms with Gasteiger partial charge in [-0.1, -0.05) is 0 Å². The molecule has 2 aromatic rings. The fourth-order valence-corrected chi connectivity index (χ4v) is 1.37. The minimum atomic E-state index is -1.15. The van der Waals surface area contributed by atoms with Crippen LogP contribution in [0, 0.1) is 11.6 Å². The van der Waals surface area contributed by atoms with Crippen LogP contribution in [0.25, 0.3) is 0 Å². The van der Waals surface area contributed by atoms with Crippen molar-refractivity contribution >= 4 is 17.4 Å². The first-order valence-electron chi connectivity index (χ1n) is 5.09. The zero-order valence-electron chi connectivity index (χ0n) is 9.41. The van der Waals surface area contributed by atoms with Gasteiger partial charge >= 0.3 is 0 Å². The van der Waals surface area contributed by atoms with Crippen molar-refractivity contribution in [2.24, 2.45) is 0 Å². The van der Waals surface area contributed by atoms with Crippen LogP contribution in [0.2, 0.25) is 0 Å². The molecule has 0 fully saturated rings. The van der Waals surface area contributed by atoms with Crippen LogP contribution in [0.15, 0.2) is 29.1 Å². The molecule has 1 amide bonds. The van der Waals surface area contributed by atoms with Crippen LogP contribution < -0.4 is 16.6 Å². The van der Waals surface area contributed by atoms with Gasteiger partial charge < -0.3 is 11.1 Å². The van der Waals surface area contributed by atoms with Crippen LogP contribution in [-0.2, 0) is 0 Å². The molecule has 0 aliphatic rings. The number of carbonyl (C=O) groups excluding carboxylic acids is 1. The second kappa shape index (κ2) is 4.84. The van der Waals surface area contributed by atoms with Gasteiger partial charge in [-0.05, 0) is 18.2 Å². The monoisotopic (exact) mass is 266 g/mol. The van der Waals surface area contributed by atoms with Gasteiger partial charge in [-0.15, -0.1) is 0 Å². The van der Waals surface area contributed by atoms with E-state index in [0.29, 0.717) is 0 Å². The van der Waals surface area contributed by atoms with Crippen molar-refractivity contribution in [1.82, 2.24) is 10.2 Å². The summed E-state index contributed by atoms with van der Waals surface area (Å²) in [6.07, 6.45) is 0. The lowest BCUT2D eigenvalue weighted by molar-refractivity contribution is 0.101. The van der Waals surface area contributed by atoms with Crippen molar-refractivity contribution in [3.8, 4) is 0 Å². The molecule has 19 heavy (non-hydrogen) atoms. The molecule has 0 spiro atoms. The maximum atomic E-state index is 13.6. The number of H-pyrrole nitrogens is 1. The van der Waals surface area contributed by atoms with Gasteiger partial charge in [0.05, 0.1) is 5.69 Å². The maximum Gasteiger partial charge on any atom is 0.264 e. The van der Waals surface area contributed by atoms with Crippen molar-refractivity contribution in [3.05, 3.63) is 51.8 Å². The van der Waals surface area contributed by atoms with Crippen molar-refractivity contribution in [1.29, 1.82) is 0 Å². The Balaban J connectivity index is 2.33. The fourth-order valence-electron chi connectivity index (χ4n) is 1.37. The molecule has 2 rings (SSSR count). The summed E-state index contributed by atoms with van der Waals surface area (Å²) in [5.41, 5.74) is 3.62. The van der Waals surface area contributed by atoms with E-state index in [1.807, 2.05) is 0 Å². The van der Waals surface area contributed by atoms with Crippen molar-refractivity contribution < 1.29 is 13.6 Å². The molecule has 1 aromatic heterocycles. The summed E-state index contributed by atoms with van der Waals surface area (Å²) in [6, 6.07) is 4.20. The number of rotatable bonds is 2. The molecular weight excluding hydrogens is 258 g/mol. The predicted molar refractivity (Wildman–Crippen MR) is 63.6 cm³/mol. The van der Waals surface area contributed by atoms with E-state index in [1.54, 1.807) is 0 Å². The molecule has 98 valence electrons. The number of hydrogen-bond acceptors (Lipinski definition) is 4. The van der Waals surface area contributed by atoms with Gasteiger partial charge in [0.2, 0.25) is 0 Å². The first-order valence-corrected chi connectivity index (χ1v) is 5.09. The molecule has 6 nitrogen and oxygen atoms in total. The molecule has 0 aliphatic heterocycles. The Bertz CT molecular complexity index is 679. The number of nitrogens with two attached hydrogens (primary N) is 1. The number of nitrogens with zero attached hydrogens (tertiary/aromatic N) is 1. The van der Waals surface area contributed by atoms with E-state index in [0.717, 1.165) is 18.2 Å². The largest absolute Gasteiger partial charge is 0.396 e. The second-order valence-corrected chi connectivity index (χ2v) is 3.59. The Kier molecular flexibility index (Phi) is 3.23. The van der Waals surface area contributed by atoms with Gasteiger partial charge in [0.15, 0.2) is 11.6 Å². The number of benzene rings is 1.